The standard InChI is InChI=1S/C21H17F4N3O4/c1-32-15-7-5-12(6-8-15)17-10-16(19(30)26-11-18(29)21(23,24)25)20(31)28(27-17)14-4-2-3-13(22)9-14/h2-10,18,29H,11H2,1H3,(H,26,30)/t18-/m1/s1. The fraction of sp³-hybridized carbons (Fsp3) is 0.190. The van der Waals surface area contributed by atoms with Gasteiger partial charge in [-0.25, -0.2) is 4.39 Å². The molecule has 7 nitrogen and oxygen atoms in total. The quantitative estimate of drug-likeness (QED) is 0.563. The third kappa shape index (κ3) is 5.11. The lowest BCUT2D eigenvalue weighted by molar-refractivity contribution is -0.201. The summed E-state index contributed by atoms with van der Waals surface area (Å²) in [5.74, 6) is -1.28. The van der Waals surface area contributed by atoms with Crippen molar-refractivity contribution in [2.24, 2.45) is 0 Å². The number of nitrogens with zero attached hydrogens (tertiary/aromatic N) is 2. The van der Waals surface area contributed by atoms with E-state index in [2.05, 4.69) is 5.10 Å². The number of methoxy groups -OCH3 is 1. The van der Waals surface area contributed by atoms with Gasteiger partial charge in [0.1, 0.15) is 17.1 Å². The number of amides is 1. The van der Waals surface area contributed by atoms with Gasteiger partial charge in [0, 0.05) is 5.56 Å². The SMILES string of the molecule is COc1ccc(-c2cc(C(=O)NC[C@@H](O)C(F)(F)F)c(=O)n(-c3cccc(F)c3)n2)cc1. The molecule has 0 spiro atoms. The van der Waals surface area contributed by atoms with E-state index >= 15 is 0 Å². The second-order valence-electron chi connectivity index (χ2n) is 6.64. The van der Waals surface area contributed by atoms with Crippen molar-refractivity contribution in [3.05, 3.63) is 76.3 Å². The van der Waals surface area contributed by atoms with Crippen LogP contribution in [0.3, 0.4) is 0 Å². The van der Waals surface area contributed by atoms with Gasteiger partial charge in [-0.3, -0.25) is 9.59 Å². The van der Waals surface area contributed by atoms with Crippen molar-refractivity contribution in [2.75, 3.05) is 13.7 Å². The number of hydrogen-bond acceptors (Lipinski definition) is 5. The highest BCUT2D eigenvalue weighted by molar-refractivity contribution is 5.94. The van der Waals surface area contributed by atoms with Crippen molar-refractivity contribution in [3.8, 4) is 22.7 Å². The Labute approximate surface area is 178 Å². The monoisotopic (exact) mass is 451 g/mol. The molecule has 0 saturated carbocycles. The van der Waals surface area contributed by atoms with E-state index in [9.17, 15) is 27.2 Å². The molecule has 2 N–H and O–H groups in total. The Balaban J connectivity index is 2.07. The first-order valence-corrected chi connectivity index (χ1v) is 9.18. The van der Waals surface area contributed by atoms with Crippen molar-refractivity contribution < 1.29 is 32.2 Å². The Morgan fingerprint density at radius 1 is 1.19 bits per heavy atom. The van der Waals surface area contributed by atoms with Crippen LogP contribution in [0.25, 0.3) is 16.9 Å². The molecule has 0 aliphatic rings. The molecule has 0 unspecified atom stereocenters. The number of rotatable bonds is 6. The van der Waals surface area contributed by atoms with Crippen LogP contribution in [0.15, 0.2) is 59.4 Å². The number of ether oxygens (including phenoxy) is 1. The number of aliphatic hydroxyl groups excluding tert-OH is 1. The van der Waals surface area contributed by atoms with E-state index < -0.39 is 41.7 Å². The third-order valence-electron chi connectivity index (χ3n) is 4.43. The molecule has 0 bridgehead atoms. The first kappa shape index (κ1) is 22.9. The summed E-state index contributed by atoms with van der Waals surface area (Å²) >= 11 is 0. The molecule has 1 atom stereocenters. The summed E-state index contributed by atoms with van der Waals surface area (Å²) in [6.45, 7) is -1.15. The highest BCUT2D eigenvalue weighted by atomic mass is 19.4. The van der Waals surface area contributed by atoms with E-state index in [0.717, 1.165) is 22.9 Å². The molecule has 1 amide bonds. The zero-order valence-electron chi connectivity index (χ0n) is 16.6. The molecule has 1 aromatic heterocycles. The number of aromatic nitrogens is 2. The van der Waals surface area contributed by atoms with Crippen LogP contribution in [0.2, 0.25) is 0 Å². The van der Waals surface area contributed by atoms with E-state index in [1.54, 1.807) is 24.3 Å². The van der Waals surface area contributed by atoms with Gasteiger partial charge >= 0.3 is 6.18 Å². The number of carbonyl (C=O) groups is 1. The number of benzene rings is 2. The number of nitrogens with one attached hydrogen (secondary N) is 1. The maximum atomic E-state index is 13.7. The number of halogens is 4. The van der Waals surface area contributed by atoms with Gasteiger partial charge in [-0.2, -0.15) is 23.0 Å². The molecule has 0 radical (unpaired) electrons. The minimum Gasteiger partial charge on any atom is -0.497 e. The Morgan fingerprint density at radius 2 is 1.88 bits per heavy atom. The predicted octanol–water partition coefficient (Wildman–Crippen LogP) is 2.70. The molecular weight excluding hydrogens is 434 g/mol. The molecule has 3 aromatic rings. The Hall–Kier alpha value is -3.73. The summed E-state index contributed by atoms with van der Waals surface area (Å²) in [5.41, 5.74) is -0.926. The molecule has 11 heteroatoms. The molecule has 32 heavy (non-hydrogen) atoms. The average molecular weight is 451 g/mol. The lowest BCUT2D eigenvalue weighted by Gasteiger charge is -2.15. The largest absolute Gasteiger partial charge is 0.497 e. The second-order valence-corrected chi connectivity index (χ2v) is 6.64. The van der Waals surface area contributed by atoms with Gasteiger partial charge in [-0.05, 0) is 48.5 Å². The zero-order valence-corrected chi connectivity index (χ0v) is 16.6. The normalized spacial score (nSPS) is 12.3. The van der Waals surface area contributed by atoms with Gasteiger partial charge in [0.15, 0.2) is 6.10 Å². The Morgan fingerprint density at radius 3 is 2.47 bits per heavy atom. The number of carbonyl (C=O) groups excluding carboxylic acids is 1. The molecule has 2 aromatic carbocycles. The summed E-state index contributed by atoms with van der Waals surface area (Å²) in [6, 6.07) is 12.4. The third-order valence-corrected chi connectivity index (χ3v) is 4.43. The predicted molar refractivity (Wildman–Crippen MR) is 106 cm³/mol. The highest BCUT2D eigenvalue weighted by Crippen LogP contribution is 2.22. The lowest BCUT2D eigenvalue weighted by Crippen LogP contribution is -2.42. The molecular formula is C21H17F4N3O4. The van der Waals surface area contributed by atoms with Crippen LogP contribution >= 0.6 is 0 Å². The molecule has 1 heterocycles. The summed E-state index contributed by atoms with van der Waals surface area (Å²) in [5, 5.41) is 15.2. The van der Waals surface area contributed by atoms with E-state index in [1.807, 2.05) is 5.32 Å². The Bertz CT molecular complexity index is 1180. The summed E-state index contributed by atoms with van der Waals surface area (Å²) in [7, 11) is 1.47. The van der Waals surface area contributed by atoms with Gasteiger partial charge in [0.05, 0.1) is 25.0 Å². The van der Waals surface area contributed by atoms with E-state index in [-0.39, 0.29) is 11.4 Å². The second kappa shape index (κ2) is 9.18. The molecule has 168 valence electrons. The maximum Gasteiger partial charge on any atom is 0.416 e. The van der Waals surface area contributed by atoms with E-state index in [1.165, 1.54) is 19.2 Å². The fourth-order valence-electron chi connectivity index (χ4n) is 2.74. The zero-order chi connectivity index (χ0) is 23.5. The van der Waals surface area contributed by atoms with Crippen molar-refractivity contribution in [1.29, 1.82) is 0 Å². The van der Waals surface area contributed by atoms with Crippen LogP contribution in [-0.2, 0) is 0 Å². The molecule has 0 aliphatic carbocycles. The van der Waals surface area contributed by atoms with Gasteiger partial charge in [0.25, 0.3) is 11.5 Å². The first-order chi connectivity index (χ1) is 15.1. The minimum absolute atomic E-state index is 0.00902. The number of aliphatic hydroxyl groups is 1. The van der Waals surface area contributed by atoms with Crippen LogP contribution in [-0.4, -0.2) is 46.7 Å². The molecule has 0 fully saturated rings. The fourth-order valence-corrected chi connectivity index (χ4v) is 2.74. The minimum atomic E-state index is -4.94. The van der Waals surface area contributed by atoms with E-state index in [0.29, 0.717) is 11.3 Å². The average Bonchev–Trinajstić information content (AvgIpc) is 2.76. The van der Waals surface area contributed by atoms with Crippen LogP contribution in [0.4, 0.5) is 17.6 Å². The smallest absolute Gasteiger partial charge is 0.416 e. The molecule has 0 saturated heterocycles. The summed E-state index contributed by atoms with van der Waals surface area (Å²) in [6.07, 6.45) is -7.75. The first-order valence-electron chi connectivity index (χ1n) is 9.18. The lowest BCUT2D eigenvalue weighted by atomic mass is 10.1. The van der Waals surface area contributed by atoms with E-state index in [4.69, 9.17) is 9.84 Å². The van der Waals surface area contributed by atoms with Crippen LogP contribution in [0.5, 0.6) is 5.75 Å². The van der Waals surface area contributed by atoms with Crippen molar-refractivity contribution in [1.82, 2.24) is 15.1 Å². The number of hydrogen-bond donors (Lipinski definition) is 2. The molecule has 0 aliphatic heterocycles. The number of alkyl halides is 3. The van der Waals surface area contributed by atoms with Crippen LogP contribution in [0, 0.1) is 5.82 Å². The topological polar surface area (TPSA) is 93.5 Å². The maximum absolute atomic E-state index is 13.7. The van der Waals surface area contributed by atoms with Crippen molar-refractivity contribution >= 4 is 5.91 Å². The van der Waals surface area contributed by atoms with Gasteiger partial charge in [-0.1, -0.05) is 6.07 Å². The van der Waals surface area contributed by atoms with Gasteiger partial charge < -0.3 is 15.2 Å². The van der Waals surface area contributed by atoms with Gasteiger partial charge in [0.2, 0.25) is 0 Å². The van der Waals surface area contributed by atoms with Crippen molar-refractivity contribution in [2.45, 2.75) is 12.3 Å². The Kier molecular flexibility index (Phi) is 6.58. The van der Waals surface area contributed by atoms with Gasteiger partial charge in [-0.15, -0.1) is 0 Å². The van der Waals surface area contributed by atoms with Crippen LogP contribution < -0.4 is 15.6 Å². The summed E-state index contributed by atoms with van der Waals surface area (Å²) < 4.78 is 57.1. The van der Waals surface area contributed by atoms with Crippen molar-refractivity contribution in [3.63, 3.8) is 0 Å². The summed E-state index contributed by atoms with van der Waals surface area (Å²) in [4.78, 5) is 25.4. The molecule has 3 rings (SSSR count). The highest BCUT2D eigenvalue weighted by Gasteiger charge is 2.38. The van der Waals surface area contributed by atoms with Crippen LogP contribution in [0.1, 0.15) is 10.4 Å².